The van der Waals surface area contributed by atoms with Crippen molar-refractivity contribution in [3.8, 4) is 5.75 Å². The van der Waals surface area contributed by atoms with Crippen LogP contribution in [-0.4, -0.2) is 52.5 Å². The van der Waals surface area contributed by atoms with Crippen LogP contribution in [0.25, 0.3) is 0 Å². The van der Waals surface area contributed by atoms with Gasteiger partial charge < -0.3 is 19.6 Å². The Morgan fingerprint density at radius 1 is 1.34 bits per heavy atom. The second-order valence-corrected chi connectivity index (χ2v) is 7.87. The lowest BCUT2D eigenvalue weighted by Gasteiger charge is -2.23. The molecule has 32 heavy (non-hydrogen) atoms. The van der Waals surface area contributed by atoms with E-state index in [2.05, 4.69) is 14.7 Å². The number of benzene rings is 1. The van der Waals surface area contributed by atoms with Crippen LogP contribution in [0.1, 0.15) is 41.0 Å². The predicted octanol–water partition coefficient (Wildman–Crippen LogP) is 3.83. The van der Waals surface area contributed by atoms with E-state index in [-0.39, 0.29) is 41.7 Å². The molecular weight excluding hydrogens is 446 g/mol. The van der Waals surface area contributed by atoms with Crippen molar-refractivity contribution in [2.75, 3.05) is 13.1 Å². The van der Waals surface area contributed by atoms with Gasteiger partial charge in [-0.1, -0.05) is 5.16 Å². The van der Waals surface area contributed by atoms with E-state index in [1.54, 1.807) is 0 Å². The van der Waals surface area contributed by atoms with Gasteiger partial charge in [-0.05, 0) is 43.0 Å². The number of hydrogen-bond donors (Lipinski definition) is 1. The molecule has 7 nitrogen and oxygen atoms in total. The van der Waals surface area contributed by atoms with Crippen molar-refractivity contribution >= 4 is 12.1 Å². The molecule has 3 atom stereocenters. The number of hydrogen-bond acceptors (Lipinski definition) is 6. The Labute approximate surface area is 176 Å². The number of nitrogens with zero attached hydrogens (tertiary/aromatic N) is 3. The number of ether oxygens (including phenoxy) is 1. The average molecular weight is 462 g/mol. The lowest BCUT2D eigenvalue weighted by molar-refractivity contribution is -0.189. The number of aromatic nitrogens is 2. The summed E-state index contributed by atoms with van der Waals surface area (Å²) in [6, 6.07) is 3.75. The number of rotatable bonds is 5. The van der Waals surface area contributed by atoms with Gasteiger partial charge in [-0.3, -0.25) is 4.79 Å². The molecule has 1 aromatic carbocycles. The molecule has 2 aromatic rings. The minimum Gasteiger partial charge on any atom is -0.480 e. The van der Waals surface area contributed by atoms with Gasteiger partial charge in [-0.2, -0.15) is 31.3 Å². The van der Waals surface area contributed by atoms with Gasteiger partial charge in [0.05, 0.1) is 11.0 Å². The molecule has 4 rings (SSSR count). The van der Waals surface area contributed by atoms with E-state index in [0.29, 0.717) is 6.42 Å². The molecule has 2 fully saturated rings. The molecule has 1 aromatic heterocycles. The molecule has 13 heteroatoms. The highest BCUT2D eigenvalue weighted by molar-refractivity contribution is 5.99. The summed E-state index contributed by atoms with van der Waals surface area (Å²) in [7, 11) is 0. The van der Waals surface area contributed by atoms with E-state index in [4.69, 9.17) is 10.1 Å². The summed E-state index contributed by atoms with van der Waals surface area (Å²) in [4.78, 5) is 17.9. The van der Waals surface area contributed by atoms with Gasteiger partial charge in [0.15, 0.2) is 11.9 Å². The summed E-state index contributed by atoms with van der Waals surface area (Å²) in [6.07, 6.45) is -10.3. The number of nitrogens with one attached hydrogen (secondary N) is 1. The number of carbonyl (C=O) groups excluding carboxylic acids is 1. The fourth-order valence-corrected chi connectivity index (χ4v) is 3.86. The number of alkyl halides is 6. The van der Waals surface area contributed by atoms with Crippen molar-refractivity contribution < 1.29 is 40.4 Å². The summed E-state index contributed by atoms with van der Waals surface area (Å²) >= 11 is 0. The van der Waals surface area contributed by atoms with Crippen LogP contribution in [0.15, 0.2) is 22.7 Å². The molecule has 1 N–H and O–H groups in total. The molecular formula is C19H16F6N4O3. The Morgan fingerprint density at radius 3 is 2.66 bits per heavy atom. The van der Waals surface area contributed by atoms with Crippen LogP contribution in [-0.2, 0) is 11.6 Å². The van der Waals surface area contributed by atoms with Gasteiger partial charge in [0.25, 0.3) is 5.91 Å². The van der Waals surface area contributed by atoms with Gasteiger partial charge in [-0.25, -0.2) is 0 Å². The molecule has 0 spiro atoms. The fourth-order valence-electron chi connectivity index (χ4n) is 3.86. The topological polar surface area (TPSA) is 92.3 Å². The average Bonchev–Trinajstić information content (AvgIpc) is 3.09. The van der Waals surface area contributed by atoms with E-state index < -0.39 is 35.7 Å². The highest BCUT2D eigenvalue weighted by atomic mass is 19.4. The maximum atomic E-state index is 13.1. The number of piperidine rings is 1. The normalized spacial score (nSPS) is 23.6. The first kappa shape index (κ1) is 22.1. The third kappa shape index (κ3) is 3.79. The van der Waals surface area contributed by atoms with Crippen molar-refractivity contribution in [3.63, 3.8) is 0 Å². The number of amides is 1. The smallest absolute Gasteiger partial charge is 0.471 e. The number of halogens is 6. The highest BCUT2D eigenvalue weighted by Gasteiger charge is 2.65. The van der Waals surface area contributed by atoms with E-state index in [1.165, 1.54) is 23.1 Å². The van der Waals surface area contributed by atoms with Crippen LogP contribution in [0.4, 0.5) is 26.3 Å². The van der Waals surface area contributed by atoms with E-state index in [1.807, 2.05) is 0 Å². The Balaban J connectivity index is 1.58. The van der Waals surface area contributed by atoms with E-state index >= 15 is 0 Å². The summed E-state index contributed by atoms with van der Waals surface area (Å²) in [6.45, 7) is 0.946. The van der Waals surface area contributed by atoms with Crippen LogP contribution in [0, 0.1) is 11.3 Å². The summed E-state index contributed by atoms with van der Waals surface area (Å²) in [5, 5.41) is 10.8. The van der Waals surface area contributed by atoms with Crippen LogP contribution >= 0.6 is 0 Å². The van der Waals surface area contributed by atoms with Gasteiger partial charge >= 0.3 is 18.2 Å². The van der Waals surface area contributed by atoms with Crippen molar-refractivity contribution in [3.05, 3.63) is 41.0 Å². The molecule has 2 aliphatic rings. The lowest BCUT2D eigenvalue weighted by atomic mass is 10.1. The summed E-state index contributed by atoms with van der Waals surface area (Å²) in [5.74, 6) is -2.80. The molecule has 1 aliphatic carbocycles. The quantitative estimate of drug-likeness (QED) is 0.539. The molecule has 2 heterocycles. The zero-order valence-electron chi connectivity index (χ0n) is 16.4. The van der Waals surface area contributed by atoms with Crippen molar-refractivity contribution in [1.82, 2.24) is 15.0 Å². The first-order chi connectivity index (χ1) is 14.8. The maximum absolute atomic E-state index is 13.1. The van der Waals surface area contributed by atoms with Crippen molar-refractivity contribution in [2.24, 2.45) is 5.92 Å². The van der Waals surface area contributed by atoms with Crippen LogP contribution < -0.4 is 4.74 Å². The van der Waals surface area contributed by atoms with E-state index in [0.717, 1.165) is 13.1 Å². The minimum atomic E-state index is -4.80. The molecule has 0 radical (unpaired) electrons. The Kier molecular flexibility index (Phi) is 4.97. The largest absolute Gasteiger partial charge is 0.480 e. The molecule has 1 aliphatic heterocycles. The third-order valence-electron chi connectivity index (χ3n) is 5.71. The van der Waals surface area contributed by atoms with Crippen molar-refractivity contribution in [2.45, 2.75) is 37.2 Å². The van der Waals surface area contributed by atoms with Crippen LogP contribution in [0.5, 0.6) is 5.75 Å². The van der Waals surface area contributed by atoms with E-state index in [9.17, 15) is 31.1 Å². The Bertz CT molecular complexity index is 1070. The lowest BCUT2D eigenvalue weighted by Crippen LogP contribution is -2.35. The minimum absolute atomic E-state index is 0.0174. The second-order valence-electron chi connectivity index (χ2n) is 7.87. The van der Waals surface area contributed by atoms with Crippen LogP contribution in [0.3, 0.4) is 0 Å². The molecule has 1 saturated heterocycles. The van der Waals surface area contributed by atoms with Crippen molar-refractivity contribution in [1.29, 1.82) is 5.41 Å². The predicted molar refractivity (Wildman–Crippen MR) is 95.5 cm³/mol. The molecule has 1 amide bonds. The Hall–Kier alpha value is -3.12. The molecule has 1 saturated carbocycles. The SMILES string of the molecule is CC(Oc1ccc(C=N)cc1C(=O)N1CC2CC2(c2noc(C(F)(F)F)n2)C1)C(F)(F)F. The summed E-state index contributed by atoms with van der Waals surface area (Å²) in [5.41, 5.74) is -0.794. The number of carbonyl (C=O) groups is 1. The first-order valence-corrected chi connectivity index (χ1v) is 9.44. The van der Waals surface area contributed by atoms with Gasteiger partial charge in [0.2, 0.25) is 0 Å². The van der Waals surface area contributed by atoms with Gasteiger partial charge in [-0.15, -0.1) is 0 Å². The zero-order valence-corrected chi connectivity index (χ0v) is 16.4. The monoisotopic (exact) mass is 462 g/mol. The number of fused-ring (bicyclic) bond motifs is 1. The molecule has 172 valence electrons. The Morgan fingerprint density at radius 2 is 2.06 bits per heavy atom. The molecule has 3 unspecified atom stereocenters. The van der Waals surface area contributed by atoms with Gasteiger partial charge in [0.1, 0.15) is 5.75 Å². The standard InChI is InChI=1S/C19H16F6N4O3/c1-9(18(20,21)22)31-13-3-2-10(6-26)4-12(13)14(30)29-7-11-5-17(11,8-29)15-27-16(32-28-15)19(23,24)25/h2-4,6,9,11,26H,5,7-8H2,1H3. The summed E-state index contributed by atoms with van der Waals surface area (Å²) < 4.78 is 86.4. The first-order valence-electron chi connectivity index (χ1n) is 9.44. The third-order valence-corrected chi connectivity index (χ3v) is 5.71. The maximum Gasteiger partial charge on any atom is 0.471 e. The second kappa shape index (κ2) is 7.20. The highest BCUT2D eigenvalue weighted by Crippen LogP contribution is 2.58. The van der Waals surface area contributed by atoms with Gasteiger partial charge in [0, 0.05) is 19.3 Å². The number of likely N-dealkylation sites (tertiary alicyclic amines) is 1. The molecule has 0 bridgehead atoms. The zero-order chi connectivity index (χ0) is 23.5. The fraction of sp³-hybridized carbons (Fsp3) is 0.474. The van der Waals surface area contributed by atoms with Crippen LogP contribution in [0.2, 0.25) is 0 Å².